The number of amides is 1. The Morgan fingerprint density at radius 3 is 2.58 bits per heavy atom. The van der Waals surface area contributed by atoms with Crippen LogP contribution >= 0.6 is 0 Å². The van der Waals surface area contributed by atoms with Gasteiger partial charge < -0.3 is 20.2 Å². The van der Waals surface area contributed by atoms with Crippen molar-refractivity contribution in [3.63, 3.8) is 0 Å². The molecule has 144 valence electrons. The number of nitrogens with two attached hydrogens (primary N) is 1. The first-order chi connectivity index (χ1) is 12.4. The minimum absolute atomic E-state index is 0.128. The van der Waals surface area contributed by atoms with E-state index in [2.05, 4.69) is 15.0 Å². The van der Waals surface area contributed by atoms with Crippen LogP contribution < -0.4 is 15.8 Å². The predicted octanol–water partition coefficient (Wildman–Crippen LogP) is 4.28. The number of hydrogen-bond acceptors (Lipinski definition) is 5. The van der Waals surface area contributed by atoms with Crippen LogP contribution in [-0.2, 0) is 4.79 Å². The molecule has 1 heterocycles. The van der Waals surface area contributed by atoms with Crippen molar-refractivity contribution < 1.29 is 22.7 Å². The number of benzene rings is 1. The van der Waals surface area contributed by atoms with Crippen molar-refractivity contribution in [1.82, 2.24) is 4.98 Å². The van der Waals surface area contributed by atoms with E-state index < -0.39 is 12.7 Å². The molecular weight excluding hydrogens is 344 g/mol. The first kappa shape index (κ1) is 21.6. The molecule has 0 fully saturated rings. The third-order valence-electron chi connectivity index (χ3n) is 3.23. The maximum Gasteiger partial charge on any atom is 0.387 e. The van der Waals surface area contributed by atoms with Crippen molar-refractivity contribution in [3.8, 4) is 17.1 Å². The quantitative estimate of drug-likeness (QED) is 0.760. The SMILES string of the molecule is CC.CC(C)CC(N)C(=O)Nc1ccc(-c2cnco2)c(OC(F)F)c1. The highest BCUT2D eigenvalue weighted by molar-refractivity contribution is 5.95. The fourth-order valence-electron chi connectivity index (χ4n) is 2.20. The monoisotopic (exact) mass is 369 g/mol. The van der Waals surface area contributed by atoms with E-state index in [-0.39, 0.29) is 23.3 Å². The predicted molar refractivity (Wildman–Crippen MR) is 96.0 cm³/mol. The van der Waals surface area contributed by atoms with Crippen molar-refractivity contribution in [2.45, 2.75) is 46.8 Å². The third kappa shape index (κ3) is 6.44. The number of aromatic nitrogens is 1. The van der Waals surface area contributed by atoms with Crippen LogP contribution in [-0.4, -0.2) is 23.5 Å². The largest absolute Gasteiger partial charge is 0.443 e. The number of carbonyl (C=O) groups excluding carboxylic acids is 1. The van der Waals surface area contributed by atoms with Crippen LogP contribution in [0.15, 0.2) is 35.2 Å². The Morgan fingerprint density at radius 1 is 1.35 bits per heavy atom. The van der Waals surface area contributed by atoms with Crippen LogP contribution in [0.2, 0.25) is 0 Å². The van der Waals surface area contributed by atoms with Crippen molar-refractivity contribution in [3.05, 3.63) is 30.8 Å². The van der Waals surface area contributed by atoms with Gasteiger partial charge in [0.15, 0.2) is 12.2 Å². The molecule has 0 aliphatic heterocycles. The lowest BCUT2D eigenvalue weighted by Gasteiger charge is -2.15. The summed E-state index contributed by atoms with van der Waals surface area (Å²) < 4.78 is 34.9. The molecule has 8 heteroatoms. The molecule has 0 spiro atoms. The molecule has 0 bridgehead atoms. The van der Waals surface area contributed by atoms with Crippen molar-refractivity contribution in [2.24, 2.45) is 11.7 Å². The molecule has 1 amide bonds. The fourth-order valence-corrected chi connectivity index (χ4v) is 2.20. The summed E-state index contributed by atoms with van der Waals surface area (Å²) in [5.41, 5.74) is 6.41. The number of anilines is 1. The van der Waals surface area contributed by atoms with E-state index in [0.717, 1.165) is 0 Å². The number of ether oxygens (including phenoxy) is 1. The number of hydrogen-bond donors (Lipinski definition) is 2. The van der Waals surface area contributed by atoms with Crippen LogP contribution in [0.3, 0.4) is 0 Å². The van der Waals surface area contributed by atoms with Crippen LogP contribution in [0.25, 0.3) is 11.3 Å². The Hall–Kier alpha value is -2.48. The van der Waals surface area contributed by atoms with Crippen molar-refractivity contribution in [2.75, 3.05) is 5.32 Å². The number of alkyl halides is 2. The van der Waals surface area contributed by atoms with Crippen molar-refractivity contribution in [1.29, 1.82) is 0 Å². The zero-order chi connectivity index (χ0) is 19.7. The average molecular weight is 369 g/mol. The minimum atomic E-state index is -3.01. The third-order valence-corrected chi connectivity index (χ3v) is 3.23. The molecule has 0 saturated heterocycles. The van der Waals surface area contributed by atoms with Gasteiger partial charge in [0, 0.05) is 11.8 Å². The van der Waals surface area contributed by atoms with E-state index in [1.54, 1.807) is 6.07 Å². The summed E-state index contributed by atoms with van der Waals surface area (Å²) in [4.78, 5) is 15.8. The summed E-state index contributed by atoms with van der Waals surface area (Å²) in [7, 11) is 0. The standard InChI is InChI=1S/C16H19F2N3O3.C2H6/c1-9(2)5-12(19)15(22)21-10-3-4-11(14-7-20-8-23-14)13(6-10)24-16(17)18;1-2/h3-4,6-9,12,16H,5,19H2,1-2H3,(H,21,22);1-2H3. The highest BCUT2D eigenvalue weighted by atomic mass is 19.3. The Labute approximate surface area is 151 Å². The van der Waals surface area contributed by atoms with Crippen LogP contribution in [0, 0.1) is 5.92 Å². The van der Waals surface area contributed by atoms with E-state index >= 15 is 0 Å². The molecule has 1 aromatic heterocycles. The van der Waals surface area contributed by atoms with Crippen LogP contribution in [0.5, 0.6) is 5.75 Å². The number of halogens is 2. The van der Waals surface area contributed by atoms with Gasteiger partial charge in [0.05, 0.1) is 17.8 Å². The molecule has 6 nitrogen and oxygen atoms in total. The van der Waals surface area contributed by atoms with E-state index in [1.165, 1.54) is 24.7 Å². The van der Waals surface area contributed by atoms with Crippen LogP contribution in [0.4, 0.5) is 14.5 Å². The zero-order valence-corrected chi connectivity index (χ0v) is 15.3. The second-order valence-electron chi connectivity index (χ2n) is 5.68. The zero-order valence-electron chi connectivity index (χ0n) is 15.3. The van der Waals surface area contributed by atoms with Gasteiger partial charge in [-0.3, -0.25) is 4.79 Å². The van der Waals surface area contributed by atoms with Gasteiger partial charge in [0.1, 0.15) is 5.75 Å². The summed E-state index contributed by atoms with van der Waals surface area (Å²) in [6.45, 7) is 4.89. The number of nitrogens with zero attached hydrogens (tertiary/aromatic N) is 1. The summed E-state index contributed by atoms with van der Waals surface area (Å²) in [5.74, 6) is 0.0217. The molecule has 1 unspecified atom stereocenters. The van der Waals surface area contributed by atoms with Gasteiger partial charge in [0.25, 0.3) is 0 Å². The Kier molecular flexibility index (Phi) is 8.71. The van der Waals surface area contributed by atoms with Gasteiger partial charge in [0.2, 0.25) is 5.91 Å². The second kappa shape index (κ2) is 10.5. The lowest BCUT2D eigenvalue weighted by Crippen LogP contribution is -2.36. The van der Waals surface area contributed by atoms with Gasteiger partial charge in [-0.15, -0.1) is 0 Å². The summed E-state index contributed by atoms with van der Waals surface area (Å²) in [5, 5.41) is 2.60. The smallest absolute Gasteiger partial charge is 0.387 e. The Morgan fingerprint density at radius 2 is 2.04 bits per heavy atom. The highest BCUT2D eigenvalue weighted by Gasteiger charge is 2.18. The highest BCUT2D eigenvalue weighted by Crippen LogP contribution is 2.33. The lowest BCUT2D eigenvalue weighted by atomic mass is 10.0. The summed E-state index contributed by atoms with van der Waals surface area (Å²) >= 11 is 0. The topological polar surface area (TPSA) is 90.4 Å². The molecule has 0 radical (unpaired) electrons. The molecular formula is C18H25F2N3O3. The van der Waals surface area contributed by atoms with Crippen molar-refractivity contribution >= 4 is 11.6 Å². The van der Waals surface area contributed by atoms with E-state index in [4.69, 9.17) is 10.2 Å². The van der Waals surface area contributed by atoms with Gasteiger partial charge in [-0.1, -0.05) is 27.7 Å². The molecule has 26 heavy (non-hydrogen) atoms. The summed E-state index contributed by atoms with van der Waals surface area (Å²) in [6.07, 6.45) is 3.08. The fraction of sp³-hybridized carbons (Fsp3) is 0.444. The molecule has 2 rings (SSSR count). The molecule has 1 aromatic carbocycles. The second-order valence-corrected chi connectivity index (χ2v) is 5.68. The van der Waals surface area contributed by atoms with Gasteiger partial charge in [-0.25, -0.2) is 4.98 Å². The number of rotatable bonds is 7. The lowest BCUT2D eigenvalue weighted by molar-refractivity contribution is -0.117. The Bertz CT molecular complexity index is 676. The molecule has 0 saturated carbocycles. The molecule has 0 aliphatic carbocycles. The molecule has 0 aliphatic rings. The number of oxazole rings is 1. The van der Waals surface area contributed by atoms with Gasteiger partial charge in [-0.05, 0) is 24.5 Å². The maximum atomic E-state index is 12.6. The van der Waals surface area contributed by atoms with E-state index in [1.807, 2.05) is 27.7 Å². The normalized spacial score (nSPS) is 11.7. The van der Waals surface area contributed by atoms with E-state index in [0.29, 0.717) is 17.7 Å². The molecule has 3 N–H and O–H groups in total. The molecule has 1 atom stereocenters. The maximum absolute atomic E-state index is 12.6. The van der Waals surface area contributed by atoms with Crippen LogP contribution in [0.1, 0.15) is 34.1 Å². The average Bonchev–Trinajstić information content (AvgIpc) is 3.10. The first-order valence-electron chi connectivity index (χ1n) is 8.41. The number of carbonyl (C=O) groups is 1. The Balaban J connectivity index is 0.00000163. The summed E-state index contributed by atoms with van der Waals surface area (Å²) in [6, 6.07) is 3.67. The first-order valence-corrected chi connectivity index (χ1v) is 8.41. The molecule has 2 aromatic rings. The minimum Gasteiger partial charge on any atom is -0.443 e. The van der Waals surface area contributed by atoms with E-state index in [9.17, 15) is 13.6 Å². The van der Waals surface area contributed by atoms with Gasteiger partial charge >= 0.3 is 6.61 Å². The number of nitrogens with one attached hydrogen (secondary N) is 1. The van der Waals surface area contributed by atoms with Gasteiger partial charge in [-0.2, -0.15) is 8.78 Å².